The lowest BCUT2D eigenvalue weighted by molar-refractivity contribution is 0.0669. The second-order valence-electron chi connectivity index (χ2n) is 5.98. The molecule has 1 heterocycles. The van der Waals surface area contributed by atoms with Gasteiger partial charge in [-0.2, -0.15) is 0 Å². The molecule has 1 N–H and O–H groups in total. The first-order valence-electron chi connectivity index (χ1n) is 8.08. The Morgan fingerprint density at radius 1 is 1.19 bits per heavy atom. The summed E-state index contributed by atoms with van der Waals surface area (Å²) in [5.74, 6) is 0. The zero-order valence-electron chi connectivity index (χ0n) is 12.9. The summed E-state index contributed by atoms with van der Waals surface area (Å²) in [6, 6.07) is 9.16. The summed E-state index contributed by atoms with van der Waals surface area (Å²) in [5.41, 5.74) is 2.56. The molecule has 1 aromatic carbocycles. The number of hydrogen-bond acceptors (Lipinski definition) is 4. The molecule has 4 nitrogen and oxygen atoms in total. The largest absolute Gasteiger partial charge is 0.381 e. The standard InChI is InChI=1S/C17H26N2O2/c1-20-15-6-4-5-14(13-15)18-16-7-2-3-8-17(16)19-9-11-21-12-10-19/h2-3,7-8,14-15,18H,4-6,9-13H2,1H3. The Hall–Kier alpha value is -1.26. The molecule has 1 saturated heterocycles. The minimum absolute atomic E-state index is 0.409. The van der Waals surface area contributed by atoms with Gasteiger partial charge in [-0.25, -0.2) is 0 Å². The molecular weight excluding hydrogens is 264 g/mol. The SMILES string of the molecule is COC1CCCC(Nc2ccccc2N2CCOCC2)C1. The van der Waals surface area contributed by atoms with Crippen LogP contribution in [0.25, 0.3) is 0 Å². The number of rotatable bonds is 4. The summed E-state index contributed by atoms with van der Waals surface area (Å²) >= 11 is 0. The molecule has 2 atom stereocenters. The second-order valence-corrected chi connectivity index (χ2v) is 5.98. The normalized spacial score (nSPS) is 26.6. The van der Waals surface area contributed by atoms with Crippen LogP contribution in [0.15, 0.2) is 24.3 Å². The molecule has 2 aliphatic rings. The lowest BCUT2D eigenvalue weighted by Crippen LogP contribution is -2.37. The van der Waals surface area contributed by atoms with E-state index in [0.29, 0.717) is 12.1 Å². The molecule has 1 saturated carbocycles. The molecule has 0 bridgehead atoms. The number of ether oxygens (including phenoxy) is 2. The van der Waals surface area contributed by atoms with Crippen molar-refractivity contribution < 1.29 is 9.47 Å². The minimum atomic E-state index is 0.409. The van der Waals surface area contributed by atoms with Crippen LogP contribution in [0.3, 0.4) is 0 Å². The molecule has 116 valence electrons. The van der Waals surface area contributed by atoms with E-state index in [4.69, 9.17) is 9.47 Å². The average molecular weight is 290 g/mol. The number of anilines is 2. The number of benzene rings is 1. The summed E-state index contributed by atoms with van der Waals surface area (Å²) in [6.07, 6.45) is 5.19. The van der Waals surface area contributed by atoms with Crippen molar-refractivity contribution in [3.63, 3.8) is 0 Å². The van der Waals surface area contributed by atoms with Crippen LogP contribution in [0.1, 0.15) is 25.7 Å². The minimum Gasteiger partial charge on any atom is -0.381 e. The van der Waals surface area contributed by atoms with Gasteiger partial charge in [0.05, 0.1) is 30.7 Å². The summed E-state index contributed by atoms with van der Waals surface area (Å²) in [7, 11) is 1.83. The van der Waals surface area contributed by atoms with E-state index in [2.05, 4.69) is 34.5 Å². The van der Waals surface area contributed by atoms with E-state index < -0.39 is 0 Å². The van der Waals surface area contributed by atoms with E-state index in [1.807, 2.05) is 7.11 Å². The molecule has 1 aliphatic carbocycles. The number of hydrogen-bond donors (Lipinski definition) is 1. The Kier molecular flexibility index (Phi) is 4.99. The molecule has 3 rings (SSSR count). The maximum absolute atomic E-state index is 5.54. The first kappa shape index (κ1) is 14.7. The van der Waals surface area contributed by atoms with Gasteiger partial charge in [-0.3, -0.25) is 0 Å². The van der Waals surface area contributed by atoms with Gasteiger partial charge in [0.1, 0.15) is 0 Å². The van der Waals surface area contributed by atoms with Gasteiger partial charge in [0.25, 0.3) is 0 Å². The van der Waals surface area contributed by atoms with Gasteiger partial charge in [0.2, 0.25) is 0 Å². The molecule has 21 heavy (non-hydrogen) atoms. The van der Waals surface area contributed by atoms with Crippen molar-refractivity contribution in [2.24, 2.45) is 0 Å². The van der Waals surface area contributed by atoms with Crippen molar-refractivity contribution in [2.45, 2.75) is 37.8 Å². The van der Waals surface area contributed by atoms with Crippen LogP contribution < -0.4 is 10.2 Å². The van der Waals surface area contributed by atoms with Crippen molar-refractivity contribution in [1.29, 1.82) is 0 Å². The Labute approximate surface area is 127 Å². The van der Waals surface area contributed by atoms with Crippen LogP contribution in [0.2, 0.25) is 0 Å². The molecule has 2 unspecified atom stereocenters. The highest BCUT2D eigenvalue weighted by Crippen LogP contribution is 2.30. The quantitative estimate of drug-likeness (QED) is 0.924. The molecule has 0 amide bonds. The van der Waals surface area contributed by atoms with Crippen LogP contribution in [-0.4, -0.2) is 45.6 Å². The number of morpholine rings is 1. The fourth-order valence-corrected chi connectivity index (χ4v) is 3.39. The van der Waals surface area contributed by atoms with E-state index in [0.717, 1.165) is 32.7 Å². The number of methoxy groups -OCH3 is 1. The number of para-hydroxylation sites is 2. The third-order valence-electron chi connectivity index (χ3n) is 4.57. The zero-order valence-corrected chi connectivity index (χ0v) is 12.9. The molecule has 0 spiro atoms. The first-order valence-corrected chi connectivity index (χ1v) is 8.08. The molecular formula is C17H26N2O2. The zero-order chi connectivity index (χ0) is 14.5. The van der Waals surface area contributed by atoms with Gasteiger partial charge in [0, 0.05) is 26.2 Å². The van der Waals surface area contributed by atoms with Crippen LogP contribution in [0.5, 0.6) is 0 Å². The molecule has 1 aliphatic heterocycles. The van der Waals surface area contributed by atoms with E-state index in [-0.39, 0.29) is 0 Å². The molecule has 0 radical (unpaired) electrons. The third kappa shape index (κ3) is 3.69. The van der Waals surface area contributed by atoms with Crippen LogP contribution >= 0.6 is 0 Å². The maximum atomic E-state index is 5.54. The van der Waals surface area contributed by atoms with Crippen LogP contribution in [0, 0.1) is 0 Å². The van der Waals surface area contributed by atoms with Crippen molar-refractivity contribution in [3.05, 3.63) is 24.3 Å². The predicted octanol–water partition coefficient (Wildman–Crippen LogP) is 2.89. The fraction of sp³-hybridized carbons (Fsp3) is 0.647. The number of nitrogens with zero attached hydrogens (tertiary/aromatic N) is 1. The summed E-state index contributed by atoms with van der Waals surface area (Å²) in [4.78, 5) is 2.42. The van der Waals surface area contributed by atoms with Crippen LogP contribution in [-0.2, 0) is 9.47 Å². The summed E-state index contributed by atoms with van der Waals surface area (Å²) in [5, 5.41) is 3.75. The average Bonchev–Trinajstić information content (AvgIpc) is 2.56. The monoisotopic (exact) mass is 290 g/mol. The Bertz CT molecular complexity index is 446. The van der Waals surface area contributed by atoms with Crippen molar-refractivity contribution in [2.75, 3.05) is 43.6 Å². The van der Waals surface area contributed by atoms with E-state index in [1.165, 1.54) is 30.6 Å². The molecule has 0 aromatic heterocycles. The molecule has 1 aromatic rings. The van der Waals surface area contributed by atoms with E-state index in [1.54, 1.807) is 0 Å². The Morgan fingerprint density at radius 3 is 2.81 bits per heavy atom. The van der Waals surface area contributed by atoms with Crippen molar-refractivity contribution in [1.82, 2.24) is 0 Å². The van der Waals surface area contributed by atoms with Gasteiger partial charge in [-0.15, -0.1) is 0 Å². The number of nitrogens with one attached hydrogen (secondary N) is 1. The molecule has 2 fully saturated rings. The van der Waals surface area contributed by atoms with Gasteiger partial charge in [-0.05, 0) is 37.8 Å². The lowest BCUT2D eigenvalue weighted by atomic mass is 9.92. The predicted molar refractivity (Wildman–Crippen MR) is 86.1 cm³/mol. The van der Waals surface area contributed by atoms with Gasteiger partial charge >= 0.3 is 0 Å². The van der Waals surface area contributed by atoms with Gasteiger partial charge in [-0.1, -0.05) is 12.1 Å². The maximum Gasteiger partial charge on any atom is 0.0642 e. The third-order valence-corrected chi connectivity index (χ3v) is 4.57. The molecule has 4 heteroatoms. The van der Waals surface area contributed by atoms with Crippen molar-refractivity contribution in [3.8, 4) is 0 Å². The summed E-state index contributed by atoms with van der Waals surface area (Å²) < 4.78 is 11.0. The Balaban J connectivity index is 1.69. The first-order chi connectivity index (χ1) is 10.4. The van der Waals surface area contributed by atoms with Crippen molar-refractivity contribution >= 4 is 11.4 Å². The second kappa shape index (κ2) is 7.14. The smallest absolute Gasteiger partial charge is 0.0642 e. The van der Waals surface area contributed by atoms with E-state index >= 15 is 0 Å². The van der Waals surface area contributed by atoms with Gasteiger partial charge in [0.15, 0.2) is 0 Å². The highest BCUT2D eigenvalue weighted by atomic mass is 16.5. The topological polar surface area (TPSA) is 33.7 Å². The Morgan fingerprint density at radius 2 is 2.00 bits per heavy atom. The van der Waals surface area contributed by atoms with E-state index in [9.17, 15) is 0 Å². The lowest BCUT2D eigenvalue weighted by Gasteiger charge is -2.34. The summed E-state index contributed by atoms with van der Waals surface area (Å²) in [6.45, 7) is 3.60. The fourth-order valence-electron chi connectivity index (χ4n) is 3.39. The highest BCUT2D eigenvalue weighted by Gasteiger charge is 2.23. The highest BCUT2D eigenvalue weighted by molar-refractivity contribution is 5.70. The van der Waals surface area contributed by atoms with Gasteiger partial charge < -0.3 is 19.7 Å². The van der Waals surface area contributed by atoms with Crippen LogP contribution in [0.4, 0.5) is 11.4 Å².